The fourth-order valence-electron chi connectivity index (χ4n) is 0.403. The Hall–Kier alpha value is 2.10. The van der Waals surface area contributed by atoms with E-state index in [0.717, 1.165) is 0 Å². The summed E-state index contributed by atoms with van der Waals surface area (Å²) in [6, 6.07) is 0. The summed E-state index contributed by atoms with van der Waals surface area (Å²) in [5, 5.41) is 0. The molecule has 0 heterocycles. The first kappa shape index (κ1) is 26.6. The molecule has 0 aromatic carbocycles. The Balaban J connectivity index is -0.0000000800. The van der Waals surface area contributed by atoms with E-state index in [-0.39, 0.29) is 61.2 Å². The predicted octanol–water partition coefficient (Wildman–Crippen LogP) is 2.60. The third kappa shape index (κ3) is 36.0. The van der Waals surface area contributed by atoms with Gasteiger partial charge in [0.15, 0.2) is 0 Å². The monoisotopic (exact) mass is 360 g/mol. The predicted molar refractivity (Wildman–Crippen MR) is 82.8 cm³/mol. The molecular weight excluding hydrogens is 345 g/mol. The van der Waals surface area contributed by atoms with Gasteiger partial charge in [0.25, 0.3) is 0 Å². The Morgan fingerprint density at radius 3 is 1.06 bits per heavy atom. The summed E-state index contributed by atoms with van der Waals surface area (Å²) in [6.45, 7) is 7.62. The molecule has 8 heteroatoms. The molecule has 0 fully saturated rings. The van der Waals surface area contributed by atoms with Gasteiger partial charge in [-0.25, -0.2) is 0 Å². The molecule has 0 aromatic heterocycles. The van der Waals surface area contributed by atoms with Crippen molar-refractivity contribution in [3.05, 3.63) is 0 Å². The van der Waals surface area contributed by atoms with Gasteiger partial charge in [-0.2, -0.15) is 0 Å². The van der Waals surface area contributed by atoms with Crippen LogP contribution in [0.1, 0.15) is 27.7 Å². The maximum absolute atomic E-state index is 4.85. The van der Waals surface area contributed by atoms with Crippen molar-refractivity contribution in [1.82, 2.24) is 0 Å². The van der Waals surface area contributed by atoms with Crippen LogP contribution in [0, 0.1) is 0 Å². The van der Waals surface area contributed by atoms with E-state index in [1.165, 1.54) is 0 Å². The second-order valence-corrected chi connectivity index (χ2v) is 5.02. The van der Waals surface area contributed by atoms with Gasteiger partial charge in [-0.05, 0) is 52.1 Å². The van der Waals surface area contributed by atoms with E-state index in [1.807, 2.05) is 27.7 Å². The molecule has 0 N–H and O–H groups in total. The standard InChI is InChI=1S/2C4H8OS2.Na.Zn.H/c2*1-3(2)5-4(6)7;;;/h2*3H,1-2H3,(H,6,7);;;. The van der Waals surface area contributed by atoms with Crippen LogP contribution in [0.3, 0.4) is 0 Å². The summed E-state index contributed by atoms with van der Waals surface area (Å²) in [5.74, 6) is 0. The van der Waals surface area contributed by atoms with Crippen LogP contribution in [0.2, 0.25) is 0 Å². The molecule has 0 aromatic rings. The second-order valence-electron chi connectivity index (χ2n) is 2.87. The van der Waals surface area contributed by atoms with Gasteiger partial charge in [-0.1, -0.05) is 25.3 Å². The first-order valence-electron chi connectivity index (χ1n) is 4.04. The van der Waals surface area contributed by atoms with Crippen LogP contribution in [0.5, 0.6) is 0 Å². The second kappa shape index (κ2) is 17.1. The van der Waals surface area contributed by atoms with E-state index in [1.54, 1.807) is 0 Å². The number of ether oxygens (including phenoxy) is 2. The smallest absolute Gasteiger partial charge is 0 e. The van der Waals surface area contributed by atoms with E-state index < -0.39 is 0 Å². The summed E-state index contributed by atoms with van der Waals surface area (Å²) in [4.78, 5) is 0. The largest absolute Gasteiger partial charge is 0 e. The van der Waals surface area contributed by atoms with Crippen LogP contribution in [-0.4, -0.2) is 50.5 Å². The van der Waals surface area contributed by atoms with Crippen molar-refractivity contribution in [2.45, 2.75) is 39.9 Å². The van der Waals surface area contributed by atoms with Crippen molar-refractivity contribution < 1.29 is 29.0 Å². The van der Waals surface area contributed by atoms with Crippen molar-refractivity contribution >= 4 is 88.0 Å². The van der Waals surface area contributed by atoms with Crippen molar-refractivity contribution in [2.24, 2.45) is 0 Å². The topological polar surface area (TPSA) is 18.5 Å². The third-order valence-corrected chi connectivity index (χ3v) is 1.08. The van der Waals surface area contributed by atoms with Gasteiger partial charge in [0.2, 0.25) is 8.77 Å². The average molecular weight is 362 g/mol. The molecule has 2 nitrogen and oxygen atoms in total. The van der Waals surface area contributed by atoms with Gasteiger partial charge < -0.3 is 9.47 Å². The number of thiocarbonyl (C=S) groups is 2. The fraction of sp³-hybridized carbons (Fsp3) is 0.750. The maximum atomic E-state index is 4.85. The Morgan fingerprint density at radius 2 is 1.06 bits per heavy atom. The number of hydrogen-bond acceptors (Lipinski definition) is 4. The Bertz CT molecular complexity index is 171. The van der Waals surface area contributed by atoms with Crippen LogP contribution in [0.25, 0.3) is 0 Å². The molecular formula is C8H17NaO2S4Zn. The molecule has 0 amide bonds. The summed E-state index contributed by atoms with van der Waals surface area (Å²) < 4.78 is 10.3. The number of thiol groups is 2. The van der Waals surface area contributed by atoms with E-state index in [9.17, 15) is 0 Å². The van der Waals surface area contributed by atoms with Crippen LogP contribution in [-0.2, 0) is 29.0 Å². The number of rotatable bonds is 2. The first-order valence-corrected chi connectivity index (χ1v) is 5.76. The molecule has 0 spiro atoms. The molecule has 0 unspecified atom stereocenters. The Morgan fingerprint density at radius 1 is 0.875 bits per heavy atom. The van der Waals surface area contributed by atoms with E-state index in [2.05, 4.69) is 49.7 Å². The van der Waals surface area contributed by atoms with Gasteiger partial charge in [-0.15, -0.1) is 0 Å². The van der Waals surface area contributed by atoms with Crippen LogP contribution >= 0.6 is 49.7 Å². The van der Waals surface area contributed by atoms with Crippen LogP contribution in [0.15, 0.2) is 0 Å². The van der Waals surface area contributed by atoms with E-state index >= 15 is 0 Å². The first-order chi connectivity index (χ1) is 6.25. The normalized spacial score (nSPS) is 8.00. The van der Waals surface area contributed by atoms with Gasteiger partial charge in [0.05, 0.1) is 12.2 Å². The molecule has 0 aliphatic carbocycles. The zero-order valence-electron chi connectivity index (χ0n) is 9.39. The van der Waals surface area contributed by atoms with Crippen LogP contribution < -0.4 is 0 Å². The summed E-state index contributed by atoms with van der Waals surface area (Å²) in [6.07, 6.45) is 0.315. The minimum absolute atomic E-state index is 0. The van der Waals surface area contributed by atoms with E-state index in [0.29, 0.717) is 8.77 Å². The zero-order chi connectivity index (χ0) is 11.7. The van der Waals surface area contributed by atoms with Gasteiger partial charge in [0.1, 0.15) is 0 Å². The number of hydrogen-bond donors (Lipinski definition) is 2. The molecule has 0 aliphatic heterocycles. The van der Waals surface area contributed by atoms with Crippen molar-refractivity contribution in [3.8, 4) is 0 Å². The minimum Gasteiger partial charge on any atom is 0 e. The average Bonchev–Trinajstić information content (AvgIpc) is 1.79. The summed E-state index contributed by atoms with van der Waals surface area (Å²) in [7, 11) is 0. The van der Waals surface area contributed by atoms with Gasteiger partial charge >= 0.3 is 29.6 Å². The molecule has 0 saturated heterocycles. The van der Waals surface area contributed by atoms with Gasteiger partial charge in [0, 0.05) is 19.5 Å². The molecule has 0 radical (unpaired) electrons. The molecule has 16 heavy (non-hydrogen) atoms. The Kier molecular flexibility index (Phi) is 28.5. The zero-order valence-corrected chi connectivity index (χ0v) is 15.8. The molecule has 0 bridgehead atoms. The van der Waals surface area contributed by atoms with Crippen molar-refractivity contribution in [3.63, 3.8) is 0 Å². The van der Waals surface area contributed by atoms with Crippen molar-refractivity contribution in [2.75, 3.05) is 0 Å². The Labute approximate surface area is 155 Å². The van der Waals surface area contributed by atoms with Gasteiger partial charge in [-0.3, -0.25) is 0 Å². The molecule has 0 rings (SSSR count). The molecule has 0 atom stereocenters. The quantitative estimate of drug-likeness (QED) is 0.447. The SMILES string of the molecule is CC(C)OC(=S)S.CC(C)OC(=S)S.[NaH].[Zn]. The summed E-state index contributed by atoms with van der Waals surface area (Å²) >= 11 is 16.5. The van der Waals surface area contributed by atoms with Crippen LogP contribution in [0.4, 0.5) is 0 Å². The van der Waals surface area contributed by atoms with Crippen molar-refractivity contribution in [1.29, 1.82) is 0 Å². The van der Waals surface area contributed by atoms with E-state index in [4.69, 9.17) is 9.47 Å². The third-order valence-electron chi connectivity index (χ3n) is 0.673. The minimum atomic E-state index is 0. The molecule has 0 aliphatic rings. The molecule has 0 saturated carbocycles. The summed E-state index contributed by atoms with van der Waals surface area (Å²) in [5.41, 5.74) is 0. The fourth-order valence-corrected chi connectivity index (χ4v) is 1.21. The maximum Gasteiger partial charge on any atom is 0 e. The molecule has 88 valence electrons.